The van der Waals surface area contributed by atoms with Crippen LogP contribution in [-0.2, 0) is 17.8 Å². The highest BCUT2D eigenvalue weighted by molar-refractivity contribution is 5.90. The molecule has 0 aliphatic carbocycles. The molecule has 0 fully saturated rings. The van der Waals surface area contributed by atoms with Crippen molar-refractivity contribution in [3.63, 3.8) is 0 Å². The Morgan fingerprint density at radius 2 is 1.95 bits per heavy atom. The van der Waals surface area contributed by atoms with E-state index in [0.717, 1.165) is 27.7 Å². The molecule has 4 heteroatoms. The Hall–Kier alpha value is -2.62. The lowest BCUT2D eigenvalue weighted by Gasteiger charge is -2.07. The van der Waals surface area contributed by atoms with Crippen molar-refractivity contribution in [1.82, 2.24) is 10.5 Å². The molecule has 0 spiro atoms. The molecule has 1 N–H and O–H groups in total. The number of carbonyl (C=O) groups is 1. The molecule has 0 saturated carbocycles. The topological polar surface area (TPSA) is 55.1 Å². The standard InChI is InChI=1S/C17H16N2O2/c1-12-15(11-19-21-12)10-18-17(20)9-14-7-4-6-13-5-2-3-8-16(13)14/h2-8,11H,9-10H2,1H3,(H,18,20). The van der Waals surface area contributed by atoms with E-state index in [4.69, 9.17) is 4.52 Å². The number of nitrogens with one attached hydrogen (secondary N) is 1. The zero-order valence-corrected chi connectivity index (χ0v) is 11.8. The molecule has 0 atom stereocenters. The Bertz CT molecular complexity index is 772. The van der Waals surface area contributed by atoms with Gasteiger partial charge >= 0.3 is 0 Å². The number of aromatic nitrogens is 1. The molecule has 3 rings (SSSR count). The van der Waals surface area contributed by atoms with E-state index in [9.17, 15) is 4.79 Å². The smallest absolute Gasteiger partial charge is 0.224 e. The van der Waals surface area contributed by atoms with Gasteiger partial charge in [-0.3, -0.25) is 4.79 Å². The second-order valence-corrected chi connectivity index (χ2v) is 5.00. The van der Waals surface area contributed by atoms with Crippen LogP contribution >= 0.6 is 0 Å². The van der Waals surface area contributed by atoms with Crippen LogP contribution in [0.15, 0.2) is 53.2 Å². The van der Waals surface area contributed by atoms with Gasteiger partial charge in [-0.25, -0.2) is 0 Å². The van der Waals surface area contributed by atoms with Crippen LogP contribution in [0.4, 0.5) is 0 Å². The minimum Gasteiger partial charge on any atom is -0.361 e. The highest BCUT2D eigenvalue weighted by Crippen LogP contribution is 2.18. The summed E-state index contributed by atoms with van der Waals surface area (Å²) in [5, 5.41) is 8.87. The molecule has 0 aliphatic heterocycles. The van der Waals surface area contributed by atoms with Gasteiger partial charge in [0.25, 0.3) is 0 Å². The van der Waals surface area contributed by atoms with Crippen LogP contribution in [0.1, 0.15) is 16.9 Å². The van der Waals surface area contributed by atoms with Gasteiger partial charge < -0.3 is 9.84 Å². The van der Waals surface area contributed by atoms with Crippen LogP contribution in [0.3, 0.4) is 0 Å². The van der Waals surface area contributed by atoms with E-state index >= 15 is 0 Å². The third-order valence-electron chi connectivity index (χ3n) is 3.56. The fraction of sp³-hybridized carbons (Fsp3) is 0.176. The molecule has 21 heavy (non-hydrogen) atoms. The normalized spacial score (nSPS) is 10.7. The number of fused-ring (bicyclic) bond motifs is 1. The number of hydrogen-bond acceptors (Lipinski definition) is 3. The zero-order valence-electron chi connectivity index (χ0n) is 11.8. The van der Waals surface area contributed by atoms with Crippen LogP contribution in [-0.4, -0.2) is 11.1 Å². The molecule has 3 aromatic rings. The number of benzene rings is 2. The first-order valence-corrected chi connectivity index (χ1v) is 6.87. The lowest BCUT2D eigenvalue weighted by Crippen LogP contribution is -2.24. The third-order valence-corrected chi connectivity index (χ3v) is 3.56. The molecule has 0 unspecified atom stereocenters. The summed E-state index contributed by atoms with van der Waals surface area (Å²) in [6, 6.07) is 14.1. The molecule has 0 radical (unpaired) electrons. The summed E-state index contributed by atoms with van der Waals surface area (Å²) in [5.74, 6) is 0.729. The number of aryl methyl sites for hydroxylation is 1. The van der Waals surface area contributed by atoms with Gasteiger partial charge in [0.1, 0.15) is 5.76 Å². The first-order valence-electron chi connectivity index (χ1n) is 6.87. The van der Waals surface area contributed by atoms with E-state index in [-0.39, 0.29) is 5.91 Å². The molecule has 4 nitrogen and oxygen atoms in total. The Balaban J connectivity index is 1.70. The van der Waals surface area contributed by atoms with Crippen LogP contribution in [0.5, 0.6) is 0 Å². The predicted octanol–water partition coefficient (Wildman–Crippen LogP) is 3.00. The molecule has 0 bridgehead atoms. The first-order chi connectivity index (χ1) is 10.2. The maximum atomic E-state index is 12.1. The minimum absolute atomic E-state index is 0.00745. The lowest BCUT2D eigenvalue weighted by atomic mass is 10.0. The molecule has 1 heterocycles. The summed E-state index contributed by atoms with van der Waals surface area (Å²) in [6.07, 6.45) is 2.00. The van der Waals surface area contributed by atoms with Crippen LogP contribution in [0.2, 0.25) is 0 Å². The number of nitrogens with zero attached hydrogens (tertiary/aromatic N) is 1. The summed E-state index contributed by atoms with van der Waals surface area (Å²) in [4.78, 5) is 12.1. The largest absolute Gasteiger partial charge is 0.361 e. The van der Waals surface area contributed by atoms with Crippen molar-refractivity contribution in [2.75, 3.05) is 0 Å². The van der Waals surface area contributed by atoms with E-state index in [1.807, 2.05) is 37.3 Å². The van der Waals surface area contributed by atoms with Gasteiger partial charge in [-0.2, -0.15) is 0 Å². The van der Waals surface area contributed by atoms with Gasteiger partial charge in [0, 0.05) is 12.1 Å². The van der Waals surface area contributed by atoms with Crippen LogP contribution < -0.4 is 5.32 Å². The summed E-state index contributed by atoms with van der Waals surface area (Å²) in [6.45, 7) is 2.28. The lowest BCUT2D eigenvalue weighted by molar-refractivity contribution is -0.120. The molecule has 0 saturated heterocycles. The molecular formula is C17H16N2O2. The number of hydrogen-bond donors (Lipinski definition) is 1. The Labute approximate surface area is 122 Å². The average molecular weight is 280 g/mol. The summed E-state index contributed by atoms with van der Waals surface area (Å²) in [5.41, 5.74) is 1.94. The van der Waals surface area contributed by atoms with Gasteiger partial charge in [-0.1, -0.05) is 47.6 Å². The van der Waals surface area contributed by atoms with E-state index in [1.54, 1.807) is 6.20 Å². The maximum absolute atomic E-state index is 12.1. The summed E-state index contributed by atoms with van der Waals surface area (Å²) < 4.78 is 4.97. The second kappa shape index (κ2) is 5.79. The predicted molar refractivity (Wildman–Crippen MR) is 80.7 cm³/mol. The van der Waals surface area contributed by atoms with Gasteiger partial charge in [0.05, 0.1) is 12.6 Å². The molecule has 0 aliphatic rings. The minimum atomic E-state index is -0.00745. The number of rotatable bonds is 4. The molecule has 1 aromatic heterocycles. The van der Waals surface area contributed by atoms with Gasteiger partial charge in [-0.15, -0.1) is 0 Å². The molecule has 1 amide bonds. The molecule has 106 valence electrons. The quantitative estimate of drug-likeness (QED) is 0.799. The zero-order chi connectivity index (χ0) is 14.7. The van der Waals surface area contributed by atoms with E-state index in [0.29, 0.717) is 13.0 Å². The summed E-state index contributed by atoms with van der Waals surface area (Å²) >= 11 is 0. The number of amides is 1. The molecule has 2 aromatic carbocycles. The summed E-state index contributed by atoms with van der Waals surface area (Å²) in [7, 11) is 0. The van der Waals surface area contributed by atoms with Gasteiger partial charge in [0.15, 0.2) is 0 Å². The van der Waals surface area contributed by atoms with Gasteiger partial charge in [-0.05, 0) is 23.3 Å². The van der Waals surface area contributed by atoms with Crippen molar-refractivity contribution in [2.45, 2.75) is 19.9 Å². The first kappa shape index (κ1) is 13.4. The highest BCUT2D eigenvalue weighted by Gasteiger charge is 2.08. The fourth-order valence-electron chi connectivity index (χ4n) is 2.36. The van der Waals surface area contributed by atoms with Crippen molar-refractivity contribution in [1.29, 1.82) is 0 Å². The van der Waals surface area contributed by atoms with Crippen molar-refractivity contribution in [3.8, 4) is 0 Å². The van der Waals surface area contributed by atoms with Crippen molar-refractivity contribution >= 4 is 16.7 Å². The highest BCUT2D eigenvalue weighted by atomic mass is 16.5. The Kier molecular flexibility index (Phi) is 3.69. The molecular weight excluding hydrogens is 264 g/mol. The van der Waals surface area contributed by atoms with Crippen LogP contribution in [0, 0.1) is 6.92 Å². The van der Waals surface area contributed by atoms with E-state index < -0.39 is 0 Å². The number of carbonyl (C=O) groups excluding carboxylic acids is 1. The maximum Gasteiger partial charge on any atom is 0.224 e. The third kappa shape index (κ3) is 2.94. The van der Waals surface area contributed by atoms with Crippen LogP contribution in [0.25, 0.3) is 10.8 Å². The monoisotopic (exact) mass is 280 g/mol. The second-order valence-electron chi connectivity index (χ2n) is 5.00. The fourth-order valence-corrected chi connectivity index (χ4v) is 2.36. The average Bonchev–Trinajstić information content (AvgIpc) is 2.91. The Morgan fingerprint density at radius 1 is 1.14 bits per heavy atom. The van der Waals surface area contributed by atoms with E-state index in [1.165, 1.54) is 0 Å². The van der Waals surface area contributed by atoms with Crippen molar-refractivity contribution in [3.05, 3.63) is 65.5 Å². The SMILES string of the molecule is Cc1oncc1CNC(=O)Cc1cccc2ccccc12. The van der Waals surface area contributed by atoms with E-state index in [2.05, 4.69) is 22.6 Å². The van der Waals surface area contributed by atoms with Gasteiger partial charge in [0.2, 0.25) is 5.91 Å². The Morgan fingerprint density at radius 3 is 2.76 bits per heavy atom. The van der Waals surface area contributed by atoms with Crippen molar-refractivity contribution in [2.24, 2.45) is 0 Å². The van der Waals surface area contributed by atoms with Crippen molar-refractivity contribution < 1.29 is 9.32 Å².